The SMILES string of the molecule is N#CCc1ccc(Oc2c(Cl)cncc2Cl)cc1. The van der Waals surface area contributed by atoms with Crippen LogP contribution in [0.3, 0.4) is 0 Å². The molecule has 0 spiro atoms. The molecular formula is C13H8Cl2N2O. The Morgan fingerprint density at radius 3 is 2.28 bits per heavy atom. The van der Waals surface area contributed by atoms with Crippen molar-refractivity contribution >= 4 is 23.2 Å². The maximum atomic E-state index is 8.57. The fraction of sp³-hybridized carbons (Fsp3) is 0.0769. The molecule has 0 amide bonds. The summed E-state index contributed by atoms with van der Waals surface area (Å²) >= 11 is 11.9. The van der Waals surface area contributed by atoms with Crippen LogP contribution >= 0.6 is 23.2 Å². The minimum Gasteiger partial charge on any atom is -0.454 e. The quantitative estimate of drug-likeness (QED) is 0.843. The molecule has 0 atom stereocenters. The van der Waals surface area contributed by atoms with Gasteiger partial charge in [-0.15, -0.1) is 0 Å². The van der Waals surface area contributed by atoms with Crippen molar-refractivity contribution in [3.05, 3.63) is 52.3 Å². The number of nitriles is 1. The Balaban J connectivity index is 2.22. The van der Waals surface area contributed by atoms with Crippen molar-refractivity contribution in [2.75, 3.05) is 0 Å². The highest BCUT2D eigenvalue weighted by atomic mass is 35.5. The van der Waals surface area contributed by atoms with Crippen LogP contribution in [-0.2, 0) is 6.42 Å². The Labute approximate surface area is 115 Å². The van der Waals surface area contributed by atoms with Gasteiger partial charge in [-0.25, -0.2) is 0 Å². The lowest BCUT2D eigenvalue weighted by molar-refractivity contribution is 0.482. The van der Waals surface area contributed by atoms with Crippen molar-refractivity contribution in [1.82, 2.24) is 4.98 Å². The monoisotopic (exact) mass is 278 g/mol. The van der Waals surface area contributed by atoms with Crippen LogP contribution in [-0.4, -0.2) is 4.98 Å². The molecular weight excluding hydrogens is 271 g/mol. The maximum Gasteiger partial charge on any atom is 0.167 e. The molecule has 0 unspecified atom stereocenters. The standard InChI is InChI=1S/C13H8Cl2N2O/c14-11-7-17-8-12(15)13(11)18-10-3-1-9(2-4-10)5-6-16/h1-4,7-8H,5H2. The Morgan fingerprint density at radius 1 is 1.11 bits per heavy atom. The first kappa shape index (κ1) is 12.7. The largest absolute Gasteiger partial charge is 0.454 e. The van der Waals surface area contributed by atoms with Gasteiger partial charge in [0.2, 0.25) is 0 Å². The first-order chi connectivity index (χ1) is 8.70. The zero-order valence-corrected chi connectivity index (χ0v) is 10.7. The number of aromatic nitrogens is 1. The summed E-state index contributed by atoms with van der Waals surface area (Å²) in [7, 11) is 0. The van der Waals surface area contributed by atoms with E-state index >= 15 is 0 Å². The van der Waals surface area contributed by atoms with Crippen LogP contribution in [0.15, 0.2) is 36.7 Å². The molecule has 1 aromatic heterocycles. The van der Waals surface area contributed by atoms with Crippen molar-refractivity contribution < 1.29 is 4.74 Å². The number of halogens is 2. The molecule has 0 N–H and O–H groups in total. The molecule has 5 heteroatoms. The van der Waals surface area contributed by atoms with E-state index < -0.39 is 0 Å². The molecule has 2 aromatic rings. The normalized spacial score (nSPS) is 9.83. The molecule has 0 saturated heterocycles. The summed E-state index contributed by atoms with van der Waals surface area (Å²) in [6.45, 7) is 0. The predicted octanol–water partition coefficient (Wildman–Crippen LogP) is 4.25. The van der Waals surface area contributed by atoms with Crippen LogP contribution < -0.4 is 4.74 Å². The van der Waals surface area contributed by atoms with Crippen LogP contribution in [0, 0.1) is 11.3 Å². The van der Waals surface area contributed by atoms with Gasteiger partial charge in [0.25, 0.3) is 0 Å². The molecule has 0 aliphatic rings. The van der Waals surface area contributed by atoms with Gasteiger partial charge in [-0.05, 0) is 17.7 Å². The van der Waals surface area contributed by atoms with Crippen molar-refractivity contribution in [3.63, 3.8) is 0 Å². The van der Waals surface area contributed by atoms with Crippen molar-refractivity contribution in [2.45, 2.75) is 6.42 Å². The predicted molar refractivity (Wildman–Crippen MR) is 70.1 cm³/mol. The van der Waals surface area contributed by atoms with Crippen LogP contribution in [0.25, 0.3) is 0 Å². The van der Waals surface area contributed by atoms with Gasteiger partial charge in [-0.2, -0.15) is 5.26 Å². The molecule has 1 aromatic carbocycles. The summed E-state index contributed by atoms with van der Waals surface area (Å²) in [4.78, 5) is 3.84. The fourth-order valence-electron chi connectivity index (χ4n) is 1.38. The molecule has 0 fully saturated rings. The molecule has 0 aliphatic carbocycles. The zero-order chi connectivity index (χ0) is 13.0. The Morgan fingerprint density at radius 2 is 1.72 bits per heavy atom. The summed E-state index contributed by atoms with van der Waals surface area (Å²) in [5, 5.41) is 9.28. The first-order valence-electron chi connectivity index (χ1n) is 5.13. The first-order valence-corrected chi connectivity index (χ1v) is 5.89. The summed E-state index contributed by atoms with van der Waals surface area (Å²) in [5.74, 6) is 0.980. The number of benzene rings is 1. The molecule has 1 heterocycles. The third-order valence-electron chi connectivity index (χ3n) is 2.24. The Hall–Kier alpha value is -1.76. The van der Waals surface area contributed by atoms with E-state index in [1.807, 2.05) is 12.1 Å². The number of nitrogens with zero attached hydrogens (tertiary/aromatic N) is 2. The van der Waals surface area contributed by atoms with Gasteiger partial charge in [0, 0.05) is 12.4 Å². The van der Waals surface area contributed by atoms with E-state index in [4.69, 9.17) is 33.2 Å². The van der Waals surface area contributed by atoms with E-state index in [9.17, 15) is 0 Å². The van der Waals surface area contributed by atoms with Gasteiger partial charge in [0.15, 0.2) is 5.75 Å². The van der Waals surface area contributed by atoms with E-state index in [1.54, 1.807) is 12.1 Å². The lowest BCUT2D eigenvalue weighted by Crippen LogP contribution is -1.88. The second-order valence-corrected chi connectivity index (χ2v) is 4.33. The van der Waals surface area contributed by atoms with Gasteiger partial charge in [0.1, 0.15) is 15.8 Å². The molecule has 18 heavy (non-hydrogen) atoms. The highest BCUT2D eigenvalue weighted by molar-refractivity contribution is 6.36. The number of ether oxygens (including phenoxy) is 1. The Bertz CT molecular complexity index is 571. The van der Waals surface area contributed by atoms with Gasteiger partial charge in [-0.3, -0.25) is 4.98 Å². The highest BCUT2D eigenvalue weighted by Gasteiger charge is 2.08. The van der Waals surface area contributed by atoms with Crippen LogP contribution in [0.5, 0.6) is 11.5 Å². The van der Waals surface area contributed by atoms with E-state index in [2.05, 4.69) is 11.1 Å². The molecule has 2 rings (SSSR count). The summed E-state index contributed by atoms with van der Waals surface area (Å²) in [6, 6.07) is 9.25. The molecule has 0 radical (unpaired) electrons. The van der Waals surface area contributed by atoms with Crippen molar-refractivity contribution in [3.8, 4) is 17.6 Å². The summed E-state index contributed by atoms with van der Waals surface area (Å²) < 4.78 is 5.59. The Kier molecular flexibility index (Phi) is 4.03. The van der Waals surface area contributed by atoms with Gasteiger partial charge >= 0.3 is 0 Å². The number of hydrogen-bond donors (Lipinski definition) is 0. The van der Waals surface area contributed by atoms with Crippen molar-refractivity contribution in [1.29, 1.82) is 5.26 Å². The lowest BCUT2D eigenvalue weighted by atomic mass is 10.2. The van der Waals surface area contributed by atoms with E-state index in [1.165, 1.54) is 12.4 Å². The number of pyridine rings is 1. The maximum absolute atomic E-state index is 8.57. The molecule has 0 saturated carbocycles. The average molecular weight is 279 g/mol. The summed E-state index contributed by atoms with van der Waals surface area (Å²) in [5.41, 5.74) is 0.928. The average Bonchev–Trinajstić information content (AvgIpc) is 2.36. The molecule has 3 nitrogen and oxygen atoms in total. The highest BCUT2D eigenvalue weighted by Crippen LogP contribution is 2.35. The van der Waals surface area contributed by atoms with Crippen molar-refractivity contribution in [2.24, 2.45) is 0 Å². The fourth-order valence-corrected chi connectivity index (χ4v) is 1.82. The van der Waals surface area contributed by atoms with Crippen LogP contribution in [0.2, 0.25) is 10.0 Å². The second kappa shape index (κ2) is 5.72. The van der Waals surface area contributed by atoms with Crippen LogP contribution in [0.1, 0.15) is 5.56 Å². The van der Waals surface area contributed by atoms with E-state index in [0.717, 1.165) is 5.56 Å². The van der Waals surface area contributed by atoms with Gasteiger partial charge in [-0.1, -0.05) is 35.3 Å². The third kappa shape index (κ3) is 2.92. The second-order valence-electron chi connectivity index (χ2n) is 3.51. The lowest BCUT2D eigenvalue weighted by Gasteiger charge is -2.08. The smallest absolute Gasteiger partial charge is 0.167 e. The van der Waals surface area contributed by atoms with Gasteiger partial charge < -0.3 is 4.74 Å². The topological polar surface area (TPSA) is 45.9 Å². The third-order valence-corrected chi connectivity index (χ3v) is 2.77. The molecule has 90 valence electrons. The summed E-state index contributed by atoms with van der Waals surface area (Å²) in [6.07, 6.45) is 3.30. The minimum atomic E-state index is 0.351. The van der Waals surface area contributed by atoms with E-state index in [0.29, 0.717) is 28.0 Å². The van der Waals surface area contributed by atoms with Gasteiger partial charge in [0.05, 0.1) is 12.5 Å². The minimum absolute atomic E-state index is 0.351. The van der Waals surface area contributed by atoms with E-state index in [-0.39, 0.29) is 0 Å². The molecule has 0 bridgehead atoms. The number of rotatable bonds is 3. The zero-order valence-electron chi connectivity index (χ0n) is 9.23. The number of hydrogen-bond acceptors (Lipinski definition) is 3. The van der Waals surface area contributed by atoms with Crippen LogP contribution in [0.4, 0.5) is 0 Å². The molecule has 0 aliphatic heterocycles.